The van der Waals surface area contributed by atoms with Gasteiger partial charge in [-0.25, -0.2) is 0 Å². The zero-order chi connectivity index (χ0) is 13.4. The Bertz CT molecular complexity index is 730. The average Bonchev–Trinajstić information content (AvgIpc) is 2.72. The Labute approximate surface area is 125 Å². The van der Waals surface area contributed by atoms with Gasteiger partial charge in [-0.3, -0.25) is 4.98 Å². The second-order valence-electron chi connectivity index (χ2n) is 4.88. The van der Waals surface area contributed by atoms with Gasteiger partial charge in [0.2, 0.25) is 0 Å². The molecule has 0 aliphatic rings. The Balaban J connectivity index is 0.00000147. The first-order valence-corrected chi connectivity index (χ1v) is 6.74. The van der Waals surface area contributed by atoms with Gasteiger partial charge in [0.15, 0.2) is 0 Å². The SMILES string of the molecule is CCn1c(C)c(C)c2ccnc(-c3ccccc3)c21.Cl. The number of fused-ring (bicyclic) bond motifs is 1. The number of benzene rings is 1. The molecule has 2 aromatic heterocycles. The van der Waals surface area contributed by atoms with Crippen LogP contribution in [0.4, 0.5) is 0 Å². The molecule has 0 unspecified atom stereocenters. The van der Waals surface area contributed by atoms with Gasteiger partial charge in [-0.05, 0) is 32.4 Å². The molecular formula is C17H19ClN2. The maximum atomic E-state index is 4.62. The number of aromatic nitrogens is 2. The summed E-state index contributed by atoms with van der Waals surface area (Å²) in [6.45, 7) is 7.54. The van der Waals surface area contributed by atoms with Gasteiger partial charge in [0.05, 0.1) is 11.2 Å². The monoisotopic (exact) mass is 286 g/mol. The van der Waals surface area contributed by atoms with Crippen molar-refractivity contribution in [3.05, 3.63) is 53.9 Å². The molecule has 0 fully saturated rings. The highest BCUT2D eigenvalue weighted by Gasteiger charge is 2.14. The zero-order valence-electron chi connectivity index (χ0n) is 12.1. The second kappa shape index (κ2) is 5.68. The molecule has 0 saturated carbocycles. The molecule has 0 aliphatic carbocycles. The summed E-state index contributed by atoms with van der Waals surface area (Å²) in [4.78, 5) is 4.62. The summed E-state index contributed by atoms with van der Waals surface area (Å²) < 4.78 is 2.36. The van der Waals surface area contributed by atoms with Gasteiger partial charge in [-0.2, -0.15) is 0 Å². The number of rotatable bonds is 2. The fourth-order valence-electron chi connectivity index (χ4n) is 2.80. The van der Waals surface area contributed by atoms with E-state index in [1.807, 2.05) is 12.3 Å². The quantitative estimate of drug-likeness (QED) is 0.664. The van der Waals surface area contributed by atoms with Crippen molar-refractivity contribution in [1.29, 1.82) is 0 Å². The average molecular weight is 287 g/mol. The summed E-state index contributed by atoms with van der Waals surface area (Å²) >= 11 is 0. The largest absolute Gasteiger partial charge is 0.343 e. The van der Waals surface area contributed by atoms with E-state index < -0.39 is 0 Å². The zero-order valence-corrected chi connectivity index (χ0v) is 12.9. The Morgan fingerprint density at radius 2 is 1.75 bits per heavy atom. The van der Waals surface area contributed by atoms with E-state index in [1.54, 1.807) is 0 Å². The number of nitrogens with zero attached hydrogens (tertiary/aromatic N) is 2. The summed E-state index contributed by atoms with van der Waals surface area (Å²) in [6.07, 6.45) is 1.91. The minimum absolute atomic E-state index is 0. The lowest BCUT2D eigenvalue weighted by atomic mass is 10.1. The highest BCUT2D eigenvalue weighted by Crippen LogP contribution is 2.31. The van der Waals surface area contributed by atoms with Crippen LogP contribution in [0.2, 0.25) is 0 Å². The molecule has 20 heavy (non-hydrogen) atoms. The molecule has 2 heterocycles. The lowest BCUT2D eigenvalue weighted by molar-refractivity contribution is 0.765. The number of pyridine rings is 1. The molecule has 3 heteroatoms. The van der Waals surface area contributed by atoms with Gasteiger partial charge in [0, 0.05) is 29.4 Å². The number of hydrogen-bond acceptors (Lipinski definition) is 1. The Morgan fingerprint density at radius 1 is 1.05 bits per heavy atom. The molecule has 0 atom stereocenters. The predicted octanol–water partition coefficient (Wildman–Crippen LogP) is 4.76. The van der Waals surface area contributed by atoms with Gasteiger partial charge in [-0.15, -0.1) is 12.4 Å². The van der Waals surface area contributed by atoms with Gasteiger partial charge in [-0.1, -0.05) is 30.3 Å². The van der Waals surface area contributed by atoms with Crippen LogP contribution >= 0.6 is 12.4 Å². The van der Waals surface area contributed by atoms with Gasteiger partial charge in [0.1, 0.15) is 0 Å². The van der Waals surface area contributed by atoms with Crippen molar-refractivity contribution in [3.8, 4) is 11.3 Å². The normalized spacial score (nSPS) is 10.6. The lowest BCUT2D eigenvalue weighted by Crippen LogP contribution is -1.98. The fourth-order valence-corrected chi connectivity index (χ4v) is 2.80. The van der Waals surface area contributed by atoms with Crippen LogP contribution in [0.3, 0.4) is 0 Å². The minimum atomic E-state index is 0. The van der Waals surface area contributed by atoms with E-state index in [-0.39, 0.29) is 12.4 Å². The van der Waals surface area contributed by atoms with Crippen LogP contribution in [0.15, 0.2) is 42.6 Å². The summed E-state index contributed by atoms with van der Waals surface area (Å²) in [6, 6.07) is 12.5. The van der Waals surface area contributed by atoms with Crippen molar-refractivity contribution < 1.29 is 0 Å². The molecule has 2 nitrogen and oxygen atoms in total. The van der Waals surface area contributed by atoms with E-state index in [2.05, 4.69) is 60.7 Å². The first kappa shape index (κ1) is 14.6. The summed E-state index contributed by atoms with van der Waals surface area (Å²) in [5.74, 6) is 0. The van der Waals surface area contributed by atoms with Gasteiger partial charge >= 0.3 is 0 Å². The molecule has 0 saturated heterocycles. The van der Waals surface area contributed by atoms with Crippen molar-refractivity contribution in [3.63, 3.8) is 0 Å². The Hall–Kier alpha value is -1.80. The van der Waals surface area contributed by atoms with Crippen molar-refractivity contribution in [1.82, 2.24) is 9.55 Å². The smallest absolute Gasteiger partial charge is 0.0944 e. The van der Waals surface area contributed by atoms with E-state index in [4.69, 9.17) is 0 Å². The molecule has 0 radical (unpaired) electrons. The van der Waals surface area contributed by atoms with Crippen LogP contribution in [0, 0.1) is 13.8 Å². The lowest BCUT2D eigenvalue weighted by Gasteiger charge is -2.08. The summed E-state index contributed by atoms with van der Waals surface area (Å²) in [5.41, 5.74) is 6.21. The molecule has 0 N–H and O–H groups in total. The van der Waals surface area contributed by atoms with Crippen LogP contribution in [-0.2, 0) is 6.54 Å². The second-order valence-corrected chi connectivity index (χ2v) is 4.88. The molecular weight excluding hydrogens is 268 g/mol. The van der Waals surface area contributed by atoms with E-state index in [1.165, 1.54) is 27.7 Å². The van der Waals surface area contributed by atoms with Crippen molar-refractivity contribution >= 4 is 23.3 Å². The third kappa shape index (κ3) is 2.10. The standard InChI is InChI=1S/C17H18N2.ClH/c1-4-19-13(3)12(2)15-10-11-18-16(17(15)19)14-8-6-5-7-9-14;/h5-11H,4H2,1-3H3;1H. The van der Waals surface area contributed by atoms with Crippen molar-refractivity contribution in [2.24, 2.45) is 0 Å². The topological polar surface area (TPSA) is 17.8 Å². The van der Waals surface area contributed by atoms with Crippen molar-refractivity contribution in [2.45, 2.75) is 27.3 Å². The fraction of sp³-hybridized carbons (Fsp3) is 0.235. The Kier molecular flexibility index (Phi) is 4.15. The van der Waals surface area contributed by atoms with E-state index in [9.17, 15) is 0 Å². The van der Waals surface area contributed by atoms with Gasteiger partial charge in [0.25, 0.3) is 0 Å². The Morgan fingerprint density at radius 3 is 2.40 bits per heavy atom. The van der Waals surface area contributed by atoms with Crippen LogP contribution in [-0.4, -0.2) is 9.55 Å². The molecule has 0 spiro atoms. The maximum absolute atomic E-state index is 4.62. The van der Waals surface area contributed by atoms with E-state index >= 15 is 0 Å². The van der Waals surface area contributed by atoms with Gasteiger partial charge < -0.3 is 4.57 Å². The molecule has 0 aliphatic heterocycles. The highest BCUT2D eigenvalue weighted by molar-refractivity contribution is 5.95. The van der Waals surface area contributed by atoms with E-state index in [0.29, 0.717) is 0 Å². The molecule has 0 bridgehead atoms. The predicted molar refractivity (Wildman–Crippen MR) is 87.6 cm³/mol. The number of hydrogen-bond donors (Lipinski definition) is 0. The van der Waals surface area contributed by atoms with Crippen molar-refractivity contribution in [2.75, 3.05) is 0 Å². The first-order chi connectivity index (χ1) is 9.24. The number of aryl methyl sites for hydroxylation is 2. The summed E-state index contributed by atoms with van der Waals surface area (Å²) in [5, 5.41) is 1.31. The molecule has 3 aromatic rings. The van der Waals surface area contributed by atoms with Crippen LogP contribution in [0.5, 0.6) is 0 Å². The molecule has 3 rings (SSSR count). The minimum Gasteiger partial charge on any atom is -0.343 e. The maximum Gasteiger partial charge on any atom is 0.0944 e. The highest BCUT2D eigenvalue weighted by atomic mass is 35.5. The first-order valence-electron chi connectivity index (χ1n) is 6.74. The van der Waals surface area contributed by atoms with E-state index in [0.717, 1.165) is 12.2 Å². The molecule has 104 valence electrons. The third-order valence-electron chi connectivity index (χ3n) is 3.91. The van der Waals surface area contributed by atoms with Crippen LogP contribution in [0.1, 0.15) is 18.2 Å². The molecule has 0 amide bonds. The van der Waals surface area contributed by atoms with Crippen LogP contribution in [0.25, 0.3) is 22.2 Å². The number of halogens is 1. The summed E-state index contributed by atoms with van der Waals surface area (Å²) in [7, 11) is 0. The third-order valence-corrected chi connectivity index (χ3v) is 3.91. The molecule has 1 aromatic carbocycles. The van der Waals surface area contributed by atoms with Crippen LogP contribution < -0.4 is 0 Å².